The van der Waals surface area contributed by atoms with Crippen molar-refractivity contribution in [1.82, 2.24) is 0 Å². The zero-order chi connectivity index (χ0) is 9.35. The average molecular weight is 178 g/mol. The molecule has 0 aliphatic carbocycles. The Hall–Kier alpha value is -0.563. The normalized spacial score (nSPS) is 11.8. The molecule has 0 aliphatic heterocycles. The Morgan fingerprint density at radius 1 is 0.917 bits per heavy atom. The first kappa shape index (κ1) is 9.52. The second-order valence-electron chi connectivity index (χ2n) is 4.52. The van der Waals surface area contributed by atoms with Crippen LogP contribution in [0.3, 0.4) is 0 Å². The molecule has 0 spiro atoms. The molecule has 1 rings (SSSR count). The Morgan fingerprint density at radius 3 is 1.58 bits per heavy atom. The van der Waals surface area contributed by atoms with E-state index < -0.39 is 8.07 Å². The smallest absolute Gasteiger partial charge is 0.0656 e. The zero-order valence-electron chi connectivity index (χ0n) is 8.73. The summed E-state index contributed by atoms with van der Waals surface area (Å²) in [5.41, 5.74) is 2.93. The first-order valence-corrected chi connectivity index (χ1v) is 7.99. The summed E-state index contributed by atoms with van der Waals surface area (Å²) in [6.07, 6.45) is 0. The van der Waals surface area contributed by atoms with Crippen LogP contribution in [-0.4, -0.2) is 8.07 Å². The molecule has 0 amide bonds. The van der Waals surface area contributed by atoms with E-state index in [4.69, 9.17) is 0 Å². The fourth-order valence-electron chi connectivity index (χ4n) is 2.00. The molecule has 0 aliphatic rings. The van der Waals surface area contributed by atoms with Gasteiger partial charge in [-0.05, 0) is 13.8 Å². The van der Waals surface area contributed by atoms with Crippen molar-refractivity contribution in [3.8, 4) is 0 Å². The second kappa shape index (κ2) is 3.06. The molecule has 0 unspecified atom stereocenters. The molecule has 0 bridgehead atoms. The molecule has 0 saturated carbocycles. The van der Waals surface area contributed by atoms with Crippen molar-refractivity contribution in [3.05, 3.63) is 29.3 Å². The lowest BCUT2D eigenvalue weighted by Gasteiger charge is -2.21. The van der Waals surface area contributed by atoms with Crippen molar-refractivity contribution in [2.45, 2.75) is 33.5 Å². The summed E-state index contributed by atoms with van der Waals surface area (Å²) in [7, 11) is -1.12. The zero-order valence-corrected chi connectivity index (χ0v) is 9.73. The molecule has 0 radical (unpaired) electrons. The molecule has 1 heteroatoms. The van der Waals surface area contributed by atoms with E-state index in [9.17, 15) is 0 Å². The second-order valence-corrected chi connectivity index (χ2v) is 9.52. The molecule has 0 N–H and O–H groups in total. The summed E-state index contributed by atoms with van der Waals surface area (Å²) >= 11 is 0. The van der Waals surface area contributed by atoms with Gasteiger partial charge in [0.05, 0.1) is 8.07 Å². The first-order valence-electron chi connectivity index (χ1n) is 4.49. The number of hydrogen-bond donors (Lipinski definition) is 0. The highest BCUT2D eigenvalue weighted by Crippen LogP contribution is 2.09. The summed E-state index contributed by atoms with van der Waals surface area (Å²) in [5.74, 6) is 0. The minimum absolute atomic E-state index is 1.12. The van der Waals surface area contributed by atoms with Gasteiger partial charge < -0.3 is 0 Å². The Labute approximate surface area is 76.6 Å². The fourth-order valence-corrected chi connectivity index (χ4v) is 4.53. The van der Waals surface area contributed by atoms with Gasteiger partial charge in [0, 0.05) is 0 Å². The third-order valence-corrected chi connectivity index (χ3v) is 4.52. The van der Waals surface area contributed by atoms with Crippen LogP contribution in [0.4, 0.5) is 0 Å². The molecule has 0 nitrogen and oxygen atoms in total. The SMILES string of the molecule is Cc1cccc(C)c1[Si](C)(C)C. The van der Waals surface area contributed by atoms with E-state index in [0.717, 1.165) is 0 Å². The molecule has 0 fully saturated rings. The predicted octanol–water partition coefficient (Wildman–Crippen LogP) is 2.85. The first-order chi connectivity index (χ1) is 5.43. The van der Waals surface area contributed by atoms with Crippen molar-refractivity contribution in [2.75, 3.05) is 0 Å². The van der Waals surface area contributed by atoms with E-state index in [1.807, 2.05) is 0 Å². The largest absolute Gasteiger partial charge is 0.0782 e. The third kappa shape index (κ3) is 1.78. The van der Waals surface area contributed by atoms with E-state index in [1.165, 1.54) is 11.1 Å². The van der Waals surface area contributed by atoms with E-state index >= 15 is 0 Å². The van der Waals surface area contributed by atoms with Crippen LogP contribution in [0.25, 0.3) is 0 Å². The maximum Gasteiger partial charge on any atom is 0.0782 e. The van der Waals surface area contributed by atoms with Crippen LogP contribution < -0.4 is 5.19 Å². The van der Waals surface area contributed by atoms with Crippen molar-refractivity contribution < 1.29 is 0 Å². The topological polar surface area (TPSA) is 0 Å². The molecule has 0 saturated heterocycles. The van der Waals surface area contributed by atoms with Crippen LogP contribution in [0.15, 0.2) is 18.2 Å². The van der Waals surface area contributed by atoms with Gasteiger partial charge in [-0.3, -0.25) is 0 Å². The summed E-state index contributed by atoms with van der Waals surface area (Å²) in [6, 6.07) is 6.59. The lowest BCUT2D eigenvalue weighted by atomic mass is 10.2. The van der Waals surface area contributed by atoms with Crippen LogP contribution in [0, 0.1) is 13.8 Å². The van der Waals surface area contributed by atoms with Crippen LogP contribution in [0.5, 0.6) is 0 Å². The Kier molecular flexibility index (Phi) is 2.43. The number of aryl methyl sites for hydroxylation is 2. The molecule has 0 aromatic heterocycles. The molecule has 1 aromatic carbocycles. The van der Waals surface area contributed by atoms with E-state index in [2.05, 4.69) is 51.7 Å². The highest BCUT2D eigenvalue weighted by atomic mass is 28.3. The van der Waals surface area contributed by atoms with Gasteiger partial charge in [0.1, 0.15) is 0 Å². The standard InChI is InChI=1S/C11H18Si/c1-9-7-6-8-10(2)11(9)12(3,4)5/h6-8H,1-5H3. The minimum atomic E-state index is -1.12. The summed E-state index contributed by atoms with van der Waals surface area (Å²) < 4.78 is 0. The highest BCUT2D eigenvalue weighted by Gasteiger charge is 2.19. The predicted molar refractivity (Wildman–Crippen MR) is 58.9 cm³/mol. The summed E-state index contributed by atoms with van der Waals surface area (Å²) in [6.45, 7) is 11.7. The van der Waals surface area contributed by atoms with Crippen molar-refractivity contribution >= 4 is 13.3 Å². The highest BCUT2D eigenvalue weighted by molar-refractivity contribution is 6.89. The van der Waals surface area contributed by atoms with Crippen molar-refractivity contribution in [2.24, 2.45) is 0 Å². The number of benzene rings is 1. The van der Waals surface area contributed by atoms with Gasteiger partial charge in [0.2, 0.25) is 0 Å². The Morgan fingerprint density at radius 2 is 1.33 bits per heavy atom. The molecule has 0 heterocycles. The molecular formula is C11H18Si. The number of rotatable bonds is 1. The van der Waals surface area contributed by atoms with Gasteiger partial charge in [-0.2, -0.15) is 0 Å². The number of hydrogen-bond acceptors (Lipinski definition) is 0. The molecule has 0 atom stereocenters. The van der Waals surface area contributed by atoms with Gasteiger partial charge in [0.15, 0.2) is 0 Å². The van der Waals surface area contributed by atoms with Gasteiger partial charge in [-0.15, -0.1) is 0 Å². The van der Waals surface area contributed by atoms with Crippen LogP contribution in [0.1, 0.15) is 11.1 Å². The Balaban J connectivity index is 3.31. The van der Waals surface area contributed by atoms with E-state index in [1.54, 1.807) is 5.19 Å². The molecule has 66 valence electrons. The molecular weight excluding hydrogens is 160 g/mol. The summed E-state index contributed by atoms with van der Waals surface area (Å²) in [5, 5.41) is 1.63. The van der Waals surface area contributed by atoms with Crippen molar-refractivity contribution in [1.29, 1.82) is 0 Å². The quantitative estimate of drug-likeness (QED) is 0.580. The van der Waals surface area contributed by atoms with Crippen LogP contribution in [-0.2, 0) is 0 Å². The minimum Gasteiger partial charge on any atom is -0.0656 e. The van der Waals surface area contributed by atoms with Gasteiger partial charge in [0.25, 0.3) is 0 Å². The fraction of sp³-hybridized carbons (Fsp3) is 0.455. The van der Waals surface area contributed by atoms with Crippen molar-refractivity contribution in [3.63, 3.8) is 0 Å². The third-order valence-electron chi connectivity index (χ3n) is 2.23. The Bertz CT molecular complexity index is 261. The maximum atomic E-state index is 2.41. The van der Waals surface area contributed by atoms with Crippen LogP contribution in [0.2, 0.25) is 19.6 Å². The van der Waals surface area contributed by atoms with E-state index in [-0.39, 0.29) is 0 Å². The molecule has 12 heavy (non-hydrogen) atoms. The summed E-state index contributed by atoms with van der Waals surface area (Å²) in [4.78, 5) is 0. The molecule has 1 aromatic rings. The lowest BCUT2D eigenvalue weighted by molar-refractivity contribution is 1.41. The monoisotopic (exact) mass is 178 g/mol. The lowest BCUT2D eigenvalue weighted by Crippen LogP contribution is -2.41. The van der Waals surface area contributed by atoms with E-state index in [0.29, 0.717) is 0 Å². The van der Waals surface area contributed by atoms with Gasteiger partial charge in [-0.25, -0.2) is 0 Å². The van der Waals surface area contributed by atoms with Gasteiger partial charge >= 0.3 is 0 Å². The average Bonchev–Trinajstić information content (AvgIpc) is 1.82. The van der Waals surface area contributed by atoms with Gasteiger partial charge in [-0.1, -0.05) is 54.2 Å². The maximum absolute atomic E-state index is 2.41. The van der Waals surface area contributed by atoms with Crippen LogP contribution >= 0.6 is 0 Å².